The van der Waals surface area contributed by atoms with Gasteiger partial charge in [0.1, 0.15) is 5.82 Å². The molecule has 2 heterocycles. The summed E-state index contributed by atoms with van der Waals surface area (Å²) in [7, 11) is 0. The van der Waals surface area contributed by atoms with Gasteiger partial charge in [0, 0.05) is 12.4 Å². The Morgan fingerprint density at radius 2 is 2.12 bits per heavy atom. The van der Waals surface area contributed by atoms with E-state index in [1.54, 1.807) is 12.3 Å². The lowest BCUT2D eigenvalue weighted by atomic mass is 10.2. The van der Waals surface area contributed by atoms with Gasteiger partial charge < -0.3 is 5.32 Å². The Morgan fingerprint density at radius 3 is 2.76 bits per heavy atom. The maximum atomic E-state index is 13.3. The molecule has 5 heteroatoms. The first-order valence-corrected chi connectivity index (χ1v) is 5.00. The van der Waals surface area contributed by atoms with Crippen LogP contribution in [0.5, 0.6) is 0 Å². The fourth-order valence-corrected chi connectivity index (χ4v) is 1.28. The van der Waals surface area contributed by atoms with Crippen LogP contribution in [0.3, 0.4) is 0 Å². The number of aryl methyl sites for hydroxylation is 1. The van der Waals surface area contributed by atoms with Crippen LogP contribution in [0.4, 0.5) is 10.2 Å². The minimum atomic E-state index is -0.655. The van der Waals surface area contributed by atoms with E-state index in [1.165, 1.54) is 12.3 Å². The summed E-state index contributed by atoms with van der Waals surface area (Å²) in [6, 6.07) is 4.79. The van der Waals surface area contributed by atoms with Crippen LogP contribution in [0.1, 0.15) is 15.9 Å². The molecular formula is C12H10FN3O. The molecule has 0 saturated carbocycles. The number of amides is 1. The topological polar surface area (TPSA) is 54.9 Å². The van der Waals surface area contributed by atoms with Crippen molar-refractivity contribution >= 4 is 11.7 Å². The summed E-state index contributed by atoms with van der Waals surface area (Å²) >= 11 is 0. The zero-order valence-electron chi connectivity index (χ0n) is 9.14. The highest BCUT2D eigenvalue weighted by molar-refractivity contribution is 6.03. The molecule has 0 fully saturated rings. The molecule has 0 radical (unpaired) electrons. The van der Waals surface area contributed by atoms with Gasteiger partial charge in [-0.15, -0.1) is 0 Å². The molecule has 2 aromatic heterocycles. The molecule has 4 nitrogen and oxygen atoms in total. The first-order valence-electron chi connectivity index (χ1n) is 5.00. The number of nitrogens with zero attached hydrogens (tertiary/aromatic N) is 2. The summed E-state index contributed by atoms with van der Waals surface area (Å²) < 4.78 is 13.3. The van der Waals surface area contributed by atoms with Crippen LogP contribution in [-0.2, 0) is 0 Å². The highest BCUT2D eigenvalue weighted by Crippen LogP contribution is 2.09. The van der Waals surface area contributed by atoms with Crippen molar-refractivity contribution in [3.63, 3.8) is 0 Å². The van der Waals surface area contributed by atoms with Gasteiger partial charge in [0.25, 0.3) is 5.91 Å². The third-order valence-electron chi connectivity index (χ3n) is 2.17. The van der Waals surface area contributed by atoms with Crippen LogP contribution < -0.4 is 5.32 Å². The zero-order valence-corrected chi connectivity index (χ0v) is 9.14. The second-order valence-corrected chi connectivity index (χ2v) is 3.53. The highest BCUT2D eigenvalue weighted by atomic mass is 19.1. The molecule has 0 saturated heterocycles. The quantitative estimate of drug-likeness (QED) is 0.861. The zero-order chi connectivity index (χ0) is 12.3. The van der Waals surface area contributed by atoms with E-state index in [4.69, 9.17) is 0 Å². The van der Waals surface area contributed by atoms with Crippen LogP contribution in [0.2, 0.25) is 0 Å². The predicted octanol–water partition coefficient (Wildman–Crippen LogP) is 2.18. The lowest BCUT2D eigenvalue weighted by Gasteiger charge is -2.04. The number of hydrogen-bond acceptors (Lipinski definition) is 3. The SMILES string of the molecule is Cc1ccc(NC(=O)c2ccncc2F)nc1. The Hall–Kier alpha value is -2.30. The molecule has 2 rings (SSSR count). The Bertz CT molecular complexity index is 540. The van der Waals surface area contributed by atoms with Gasteiger partial charge in [0.05, 0.1) is 11.8 Å². The van der Waals surface area contributed by atoms with Gasteiger partial charge in [-0.1, -0.05) is 6.07 Å². The van der Waals surface area contributed by atoms with E-state index < -0.39 is 11.7 Å². The Labute approximate surface area is 97.5 Å². The normalized spacial score (nSPS) is 10.0. The van der Waals surface area contributed by atoms with Crippen molar-refractivity contribution in [3.05, 3.63) is 53.7 Å². The molecule has 0 aliphatic rings. The number of aromatic nitrogens is 2. The Kier molecular flexibility index (Phi) is 3.09. The van der Waals surface area contributed by atoms with Crippen molar-refractivity contribution in [2.45, 2.75) is 6.92 Å². The van der Waals surface area contributed by atoms with Crippen LogP contribution in [0.25, 0.3) is 0 Å². The molecular weight excluding hydrogens is 221 g/mol. The van der Waals surface area contributed by atoms with E-state index in [0.717, 1.165) is 11.8 Å². The Balaban J connectivity index is 2.17. The summed E-state index contributed by atoms with van der Waals surface area (Å²) in [5, 5.41) is 2.51. The highest BCUT2D eigenvalue weighted by Gasteiger charge is 2.11. The lowest BCUT2D eigenvalue weighted by molar-refractivity contribution is 0.102. The van der Waals surface area contributed by atoms with E-state index in [2.05, 4.69) is 15.3 Å². The maximum Gasteiger partial charge on any atom is 0.259 e. The number of halogens is 1. The summed E-state index contributed by atoms with van der Waals surface area (Å²) in [6.07, 6.45) is 3.98. The predicted molar refractivity (Wildman–Crippen MR) is 61.1 cm³/mol. The number of nitrogens with one attached hydrogen (secondary N) is 1. The minimum Gasteiger partial charge on any atom is -0.306 e. The third kappa shape index (κ3) is 2.63. The van der Waals surface area contributed by atoms with Crippen molar-refractivity contribution in [1.82, 2.24) is 9.97 Å². The van der Waals surface area contributed by atoms with Crippen LogP contribution in [0, 0.1) is 12.7 Å². The van der Waals surface area contributed by atoms with Gasteiger partial charge in [-0.3, -0.25) is 9.78 Å². The number of pyridine rings is 2. The summed E-state index contributed by atoms with van der Waals surface area (Å²) in [5.74, 6) is -0.810. The van der Waals surface area contributed by atoms with E-state index in [-0.39, 0.29) is 5.56 Å². The first kappa shape index (κ1) is 11.2. The fourth-order valence-electron chi connectivity index (χ4n) is 1.28. The Morgan fingerprint density at radius 1 is 1.29 bits per heavy atom. The molecule has 86 valence electrons. The molecule has 0 unspecified atom stereocenters. The average molecular weight is 231 g/mol. The van der Waals surface area contributed by atoms with Crippen LogP contribution >= 0.6 is 0 Å². The standard InChI is InChI=1S/C12H10FN3O/c1-8-2-3-11(15-6-8)16-12(17)9-4-5-14-7-10(9)13/h2-7H,1H3,(H,15,16,17). The molecule has 0 spiro atoms. The largest absolute Gasteiger partial charge is 0.306 e. The van der Waals surface area contributed by atoms with Gasteiger partial charge in [0.2, 0.25) is 0 Å². The van der Waals surface area contributed by atoms with Crippen molar-refractivity contribution in [1.29, 1.82) is 0 Å². The van der Waals surface area contributed by atoms with Gasteiger partial charge in [-0.2, -0.15) is 0 Å². The molecule has 17 heavy (non-hydrogen) atoms. The smallest absolute Gasteiger partial charge is 0.259 e. The summed E-state index contributed by atoms with van der Waals surface area (Å²) in [4.78, 5) is 19.3. The third-order valence-corrected chi connectivity index (χ3v) is 2.17. The van der Waals surface area contributed by atoms with Gasteiger partial charge >= 0.3 is 0 Å². The fraction of sp³-hybridized carbons (Fsp3) is 0.0833. The maximum absolute atomic E-state index is 13.3. The molecule has 0 atom stereocenters. The first-order chi connectivity index (χ1) is 8.16. The second-order valence-electron chi connectivity index (χ2n) is 3.53. The van der Waals surface area contributed by atoms with E-state index in [0.29, 0.717) is 5.82 Å². The van der Waals surface area contributed by atoms with Crippen molar-refractivity contribution in [2.24, 2.45) is 0 Å². The second kappa shape index (κ2) is 4.69. The van der Waals surface area contributed by atoms with E-state index in [9.17, 15) is 9.18 Å². The molecule has 2 aromatic rings. The number of hydrogen-bond donors (Lipinski definition) is 1. The molecule has 0 aromatic carbocycles. The van der Waals surface area contributed by atoms with Crippen molar-refractivity contribution < 1.29 is 9.18 Å². The van der Waals surface area contributed by atoms with Crippen LogP contribution in [0.15, 0.2) is 36.8 Å². The van der Waals surface area contributed by atoms with Crippen molar-refractivity contribution in [2.75, 3.05) is 5.32 Å². The molecule has 0 aliphatic heterocycles. The molecule has 0 bridgehead atoms. The molecule has 1 N–H and O–H groups in total. The minimum absolute atomic E-state index is 0.0534. The van der Waals surface area contributed by atoms with Gasteiger partial charge in [-0.25, -0.2) is 9.37 Å². The number of carbonyl (C=O) groups is 1. The van der Waals surface area contributed by atoms with E-state index in [1.807, 2.05) is 13.0 Å². The number of anilines is 1. The van der Waals surface area contributed by atoms with Gasteiger partial charge in [0.15, 0.2) is 5.82 Å². The number of rotatable bonds is 2. The molecule has 0 aliphatic carbocycles. The number of carbonyl (C=O) groups excluding carboxylic acids is 1. The van der Waals surface area contributed by atoms with Crippen LogP contribution in [-0.4, -0.2) is 15.9 Å². The van der Waals surface area contributed by atoms with E-state index >= 15 is 0 Å². The average Bonchev–Trinajstić information content (AvgIpc) is 2.32. The monoisotopic (exact) mass is 231 g/mol. The summed E-state index contributed by atoms with van der Waals surface area (Å²) in [5.41, 5.74) is 0.931. The summed E-state index contributed by atoms with van der Waals surface area (Å²) in [6.45, 7) is 1.89. The molecule has 1 amide bonds. The lowest BCUT2D eigenvalue weighted by Crippen LogP contribution is -2.14. The van der Waals surface area contributed by atoms with Crippen molar-refractivity contribution in [3.8, 4) is 0 Å². The van der Waals surface area contributed by atoms with Gasteiger partial charge in [-0.05, 0) is 24.6 Å².